The summed E-state index contributed by atoms with van der Waals surface area (Å²) in [5, 5.41) is 21.6. The molecular weight excluding hydrogens is 446 g/mol. The molecule has 1 aromatic heterocycles. The van der Waals surface area contributed by atoms with Crippen LogP contribution in [0.5, 0.6) is 11.5 Å². The van der Waals surface area contributed by atoms with Crippen molar-refractivity contribution in [2.45, 2.75) is 46.1 Å². The van der Waals surface area contributed by atoms with E-state index in [1.807, 2.05) is 6.92 Å². The molecule has 1 atom stereocenters. The topological polar surface area (TPSA) is 114 Å². The number of phenolic OH excluding ortho intramolecular Hbond substituents is 2. The van der Waals surface area contributed by atoms with Gasteiger partial charge in [0.25, 0.3) is 11.1 Å². The molecule has 0 bridgehead atoms. The second-order valence-electron chi connectivity index (χ2n) is 9.23. The highest BCUT2D eigenvalue weighted by Gasteiger charge is 2.23. The zero-order valence-electron chi connectivity index (χ0n) is 19.6. The van der Waals surface area contributed by atoms with Gasteiger partial charge in [0.2, 0.25) is 0 Å². The number of phenols is 2. The van der Waals surface area contributed by atoms with E-state index in [0.29, 0.717) is 0 Å². The molecule has 0 fully saturated rings. The molecule has 1 heterocycles. The van der Waals surface area contributed by atoms with Crippen molar-refractivity contribution in [3.8, 4) is 11.5 Å². The first-order valence-electron chi connectivity index (χ1n) is 11.9. The van der Waals surface area contributed by atoms with Crippen LogP contribution in [-0.2, 0) is 6.54 Å². The molecule has 0 spiro atoms. The van der Waals surface area contributed by atoms with Gasteiger partial charge in [-0.2, -0.15) is 0 Å². The first-order chi connectivity index (χ1) is 16.8. The fourth-order valence-corrected chi connectivity index (χ4v) is 5.17. The van der Waals surface area contributed by atoms with Crippen molar-refractivity contribution in [2.24, 2.45) is 5.92 Å². The maximum atomic E-state index is 13.4. The number of fused-ring (bicyclic) bond motifs is 4. The average Bonchev–Trinajstić information content (AvgIpc) is 3.10. The van der Waals surface area contributed by atoms with Gasteiger partial charge in [-0.05, 0) is 24.5 Å². The molecular formula is C28H25NO6. The van der Waals surface area contributed by atoms with Crippen molar-refractivity contribution in [3.63, 3.8) is 0 Å². The van der Waals surface area contributed by atoms with Gasteiger partial charge in [0.1, 0.15) is 11.5 Å². The first kappa shape index (κ1) is 22.8. The quantitative estimate of drug-likeness (QED) is 0.285. The number of unbranched alkanes of at least 4 members (excludes halogenated alkanes) is 1. The Hall–Kier alpha value is -4.00. The summed E-state index contributed by atoms with van der Waals surface area (Å²) in [6.45, 7) is 4.39. The standard InChI is InChI=1S/C28H25NO6/c1-3-5-8-14(4-2)13-29-27(34)19-11-17-18(12-20(19)28(29)35)26(33)22-21(25(17)32)23(30)15-9-6-7-10-16(15)24(22)31/h6-7,9-12,14,30-31H,3-5,8,13H2,1-2H3. The van der Waals surface area contributed by atoms with Crippen LogP contribution < -0.4 is 22.0 Å². The van der Waals surface area contributed by atoms with E-state index in [1.54, 1.807) is 24.3 Å². The Morgan fingerprint density at radius 2 is 1.23 bits per heavy atom. The lowest BCUT2D eigenvalue weighted by Crippen LogP contribution is -2.28. The molecule has 0 amide bonds. The number of rotatable bonds is 6. The van der Waals surface area contributed by atoms with Crippen molar-refractivity contribution >= 4 is 43.1 Å². The van der Waals surface area contributed by atoms with Crippen molar-refractivity contribution in [1.82, 2.24) is 4.57 Å². The van der Waals surface area contributed by atoms with Gasteiger partial charge in [-0.3, -0.25) is 23.7 Å². The summed E-state index contributed by atoms with van der Waals surface area (Å²) in [6.07, 6.45) is 3.74. The molecule has 5 rings (SSSR count). The van der Waals surface area contributed by atoms with Gasteiger partial charge in [-0.1, -0.05) is 57.4 Å². The van der Waals surface area contributed by atoms with Gasteiger partial charge in [0.05, 0.1) is 21.5 Å². The van der Waals surface area contributed by atoms with E-state index in [2.05, 4.69) is 6.92 Å². The number of benzene rings is 4. The second-order valence-corrected chi connectivity index (χ2v) is 9.23. The van der Waals surface area contributed by atoms with Crippen LogP contribution in [0.1, 0.15) is 39.5 Å². The lowest BCUT2D eigenvalue weighted by Gasteiger charge is -2.13. The molecule has 0 aliphatic heterocycles. The molecule has 5 aromatic rings. The molecule has 178 valence electrons. The second kappa shape index (κ2) is 8.34. The number of aromatic hydroxyl groups is 2. The summed E-state index contributed by atoms with van der Waals surface area (Å²) < 4.78 is 1.20. The highest BCUT2D eigenvalue weighted by Crippen LogP contribution is 2.39. The molecule has 0 saturated heterocycles. The Morgan fingerprint density at radius 1 is 0.743 bits per heavy atom. The smallest absolute Gasteiger partial charge is 0.261 e. The normalized spacial score (nSPS) is 12.9. The van der Waals surface area contributed by atoms with E-state index in [-0.39, 0.29) is 55.6 Å². The average molecular weight is 472 g/mol. The predicted octanol–water partition coefficient (Wildman–Crippen LogP) is 4.04. The van der Waals surface area contributed by atoms with Crippen molar-refractivity contribution < 1.29 is 10.2 Å². The molecule has 2 N–H and O–H groups in total. The molecule has 0 radical (unpaired) electrons. The molecule has 0 saturated carbocycles. The summed E-state index contributed by atoms with van der Waals surface area (Å²) in [6, 6.07) is 8.95. The third-order valence-corrected chi connectivity index (χ3v) is 7.20. The highest BCUT2D eigenvalue weighted by molar-refractivity contribution is 6.15. The molecule has 0 aliphatic carbocycles. The fourth-order valence-electron chi connectivity index (χ4n) is 5.17. The van der Waals surface area contributed by atoms with E-state index in [4.69, 9.17) is 0 Å². The summed E-state index contributed by atoms with van der Waals surface area (Å²) in [5.41, 5.74) is -2.33. The van der Waals surface area contributed by atoms with Gasteiger partial charge in [0.15, 0.2) is 10.9 Å². The summed E-state index contributed by atoms with van der Waals surface area (Å²) in [5.74, 6) is -0.632. The summed E-state index contributed by atoms with van der Waals surface area (Å²) >= 11 is 0. The van der Waals surface area contributed by atoms with Crippen LogP contribution in [0.4, 0.5) is 0 Å². The molecule has 0 aliphatic rings. The minimum Gasteiger partial charge on any atom is -0.506 e. The largest absolute Gasteiger partial charge is 0.506 e. The lowest BCUT2D eigenvalue weighted by molar-refractivity contribution is 0.384. The lowest BCUT2D eigenvalue weighted by atomic mass is 9.95. The maximum Gasteiger partial charge on any atom is 0.261 e. The van der Waals surface area contributed by atoms with E-state index in [0.717, 1.165) is 25.7 Å². The minimum atomic E-state index is -0.677. The Kier molecular flexibility index (Phi) is 5.43. The number of hydrogen-bond donors (Lipinski definition) is 2. The van der Waals surface area contributed by atoms with Crippen molar-refractivity contribution in [3.05, 3.63) is 77.6 Å². The molecule has 1 unspecified atom stereocenters. The molecule has 7 heteroatoms. The van der Waals surface area contributed by atoms with E-state index in [1.165, 1.54) is 16.7 Å². The van der Waals surface area contributed by atoms with Crippen LogP contribution in [0.2, 0.25) is 0 Å². The Bertz CT molecular complexity index is 1730. The zero-order valence-corrected chi connectivity index (χ0v) is 19.6. The monoisotopic (exact) mass is 471 g/mol. The van der Waals surface area contributed by atoms with Crippen LogP contribution in [0.15, 0.2) is 55.6 Å². The van der Waals surface area contributed by atoms with Gasteiger partial charge >= 0.3 is 0 Å². The van der Waals surface area contributed by atoms with E-state index >= 15 is 0 Å². The van der Waals surface area contributed by atoms with Crippen LogP contribution in [0.3, 0.4) is 0 Å². The van der Waals surface area contributed by atoms with Gasteiger partial charge in [0, 0.05) is 28.1 Å². The highest BCUT2D eigenvalue weighted by atomic mass is 16.3. The SMILES string of the molecule is CCCCC(CC)Cn1c(=O)c2cc3c(=O)c4c(O)c5ccccc5c(O)c4c(=O)c3cc2c1=O. The van der Waals surface area contributed by atoms with Crippen LogP contribution in [-0.4, -0.2) is 14.8 Å². The minimum absolute atomic E-state index is 0.0627. The molecule has 35 heavy (non-hydrogen) atoms. The van der Waals surface area contributed by atoms with Crippen LogP contribution in [0, 0.1) is 5.92 Å². The zero-order chi connectivity index (χ0) is 25.0. The molecule has 7 nitrogen and oxygen atoms in total. The maximum absolute atomic E-state index is 13.4. The third-order valence-electron chi connectivity index (χ3n) is 7.20. The number of hydrogen-bond acceptors (Lipinski definition) is 6. The van der Waals surface area contributed by atoms with Crippen molar-refractivity contribution in [2.75, 3.05) is 0 Å². The van der Waals surface area contributed by atoms with Crippen LogP contribution in [0.25, 0.3) is 43.1 Å². The van der Waals surface area contributed by atoms with Crippen molar-refractivity contribution in [1.29, 1.82) is 0 Å². The number of nitrogens with zero attached hydrogens (tertiary/aromatic N) is 1. The Morgan fingerprint density at radius 3 is 1.66 bits per heavy atom. The summed E-state index contributed by atoms with van der Waals surface area (Å²) in [7, 11) is 0. The summed E-state index contributed by atoms with van der Waals surface area (Å²) in [4.78, 5) is 53.2. The van der Waals surface area contributed by atoms with E-state index in [9.17, 15) is 29.4 Å². The number of aromatic nitrogens is 1. The predicted molar refractivity (Wildman–Crippen MR) is 139 cm³/mol. The molecule has 4 aromatic carbocycles. The fraction of sp³-hybridized carbons (Fsp3) is 0.286. The van der Waals surface area contributed by atoms with E-state index < -0.39 is 33.5 Å². The van der Waals surface area contributed by atoms with Gasteiger partial charge in [-0.15, -0.1) is 0 Å². The van der Waals surface area contributed by atoms with Gasteiger partial charge in [-0.25, -0.2) is 0 Å². The van der Waals surface area contributed by atoms with Crippen LogP contribution >= 0.6 is 0 Å². The van der Waals surface area contributed by atoms with Gasteiger partial charge < -0.3 is 10.2 Å². The first-order valence-corrected chi connectivity index (χ1v) is 11.9. The Balaban J connectivity index is 1.86. The third kappa shape index (κ3) is 3.26. The Labute approximate surface area is 199 Å².